The summed E-state index contributed by atoms with van der Waals surface area (Å²) in [5.74, 6) is 1.43. The molecule has 1 saturated heterocycles. The summed E-state index contributed by atoms with van der Waals surface area (Å²) in [6.45, 7) is 5.37. The summed E-state index contributed by atoms with van der Waals surface area (Å²) >= 11 is 3.65. The molecule has 2 N–H and O–H groups in total. The number of benzene rings is 1. The van der Waals surface area contributed by atoms with Crippen molar-refractivity contribution in [2.24, 2.45) is 4.99 Å². The van der Waals surface area contributed by atoms with Crippen LogP contribution in [0.25, 0.3) is 0 Å². The molecule has 2 heterocycles. The number of nitrogens with one attached hydrogen (secondary N) is 2. The van der Waals surface area contributed by atoms with Crippen molar-refractivity contribution in [1.29, 1.82) is 0 Å². The van der Waals surface area contributed by atoms with Crippen molar-refractivity contribution in [2.75, 3.05) is 31.6 Å². The van der Waals surface area contributed by atoms with Crippen LogP contribution in [0.3, 0.4) is 0 Å². The number of pyridine rings is 1. The highest BCUT2D eigenvalue weighted by molar-refractivity contribution is 9.10. The van der Waals surface area contributed by atoms with Gasteiger partial charge in [-0.1, -0.05) is 18.2 Å². The average Bonchev–Trinajstić information content (AvgIpc) is 3.15. The predicted molar refractivity (Wildman–Crippen MR) is 114 cm³/mol. The van der Waals surface area contributed by atoms with E-state index in [1.54, 1.807) is 7.11 Å². The molecule has 144 valence electrons. The van der Waals surface area contributed by atoms with Crippen LogP contribution >= 0.6 is 15.9 Å². The first-order valence-electron chi connectivity index (χ1n) is 9.24. The molecule has 1 fully saturated rings. The number of aliphatic imine (C=N–C) groups is 1. The summed E-state index contributed by atoms with van der Waals surface area (Å²) < 4.78 is 6.31. The molecule has 1 aliphatic heterocycles. The molecule has 0 aliphatic carbocycles. The highest BCUT2D eigenvalue weighted by Gasteiger charge is 2.24. The lowest BCUT2D eigenvalue weighted by Crippen LogP contribution is -2.44. The summed E-state index contributed by atoms with van der Waals surface area (Å²) in [6.07, 6.45) is 1.07. The Morgan fingerprint density at radius 2 is 2.15 bits per heavy atom. The number of hydrogen-bond acceptors (Lipinski definition) is 4. The number of para-hydroxylation sites is 1. The van der Waals surface area contributed by atoms with Gasteiger partial charge in [0.1, 0.15) is 0 Å². The number of halogens is 1. The number of ether oxygens (including phenoxy) is 1. The van der Waals surface area contributed by atoms with Gasteiger partial charge in [0.25, 0.3) is 0 Å². The first kappa shape index (κ1) is 19.5. The van der Waals surface area contributed by atoms with Crippen molar-refractivity contribution in [3.8, 4) is 5.88 Å². The topological polar surface area (TPSA) is 61.8 Å². The zero-order valence-electron chi connectivity index (χ0n) is 15.8. The fraction of sp³-hybridized carbons (Fsp3) is 0.400. The second-order valence-corrected chi connectivity index (χ2v) is 7.25. The third kappa shape index (κ3) is 5.35. The Balaban J connectivity index is 1.61. The maximum Gasteiger partial charge on any atom is 0.213 e. The van der Waals surface area contributed by atoms with Crippen LogP contribution in [0, 0.1) is 0 Å². The molecule has 2 aromatic rings. The summed E-state index contributed by atoms with van der Waals surface area (Å²) in [5, 5.41) is 6.88. The van der Waals surface area contributed by atoms with Crippen LogP contribution in [0.5, 0.6) is 5.88 Å². The van der Waals surface area contributed by atoms with E-state index in [2.05, 4.69) is 66.6 Å². The molecule has 27 heavy (non-hydrogen) atoms. The van der Waals surface area contributed by atoms with E-state index in [1.165, 1.54) is 5.69 Å². The Kier molecular flexibility index (Phi) is 6.92. The summed E-state index contributed by atoms with van der Waals surface area (Å²) in [5.41, 5.74) is 2.12. The van der Waals surface area contributed by atoms with Crippen molar-refractivity contribution < 1.29 is 4.74 Å². The summed E-state index contributed by atoms with van der Waals surface area (Å²) in [7, 11) is 1.62. The van der Waals surface area contributed by atoms with Crippen LogP contribution in [0.2, 0.25) is 0 Å². The maximum atomic E-state index is 5.18. The highest BCUT2D eigenvalue weighted by atomic mass is 79.9. The minimum absolute atomic E-state index is 0.355. The van der Waals surface area contributed by atoms with E-state index in [0.29, 0.717) is 18.5 Å². The predicted octanol–water partition coefficient (Wildman–Crippen LogP) is 3.19. The molecule has 0 amide bonds. The normalized spacial score (nSPS) is 17.1. The fourth-order valence-corrected chi connectivity index (χ4v) is 3.67. The van der Waals surface area contributed by atoms with E-state index in [0.717, 1.165) is 42.2 Å². The number of hydrogen-bond donors (Lipinski definition) is 2. The van der Waals surface area contributed by atoms with Gasteiger partial charge in [0.15, 0.2) is 5.96 Å². The van der Waals surface area contributed by atoms with Crippen LogP contribution in [0.15, 0.2) is 51.9 Å². The van der Waals surface area contributed by atoms with E-state index in [1.807, 2.05) is 24.3 Å². The Morgan fingerprint density at radius 1 is 1.30 bits per heavy atom. The second kappa shape index (κ2) is 9.60. The molecule has 1 aromatic heterocycles. The van der Waals surface area contributed by atoms with E-state index < -0.39 is 0 Å². The van der Waals surface area contributed by atoms with Gasteiger partial charge in [-0.2, -0.15) is 0 Å². The molecule has 0 bridgehead atoms. The quantitative estimate of drug-likeness (QED) is 0.543. The number of rotatable bonds is 6. The molecule has 7 heteroatoms. The monoisotopic (exact) mass is 431 g/mol. The zero-order chi connectivity index (χ0) is 19.1. The fourth-order valence-electron chi connectivity index (χ4n) is 3.14. The van der Waals surface area contributed by atoms with E-state index in [4.69, 9.17) is 4.74 Å². The van der Waals surface area contributed by atoms with Gasteiger partial charge in [-0.05, 0) is 47.5 Å². The third-order valence-corrected chi connectivity index (χ3v) is 5.13. The molecular formula is C20H26BrN5O. The summed E-state index contributed by atoms with van der Waals surface area (Å²) in [6, 6.07) is 14.4. The van der Waals surface area contributed by atoms with E-state index >= 15 is 0 Å². The van der Waals surface area contributed by atoms with Gasteiger partial charge in [-0.3, -0.25) is 0 Å². The smallest absolute Gasteiger partial charge is 0.213 e. The molecule has 1 aliphatic rings. The molecule has 0 spiro atoms. The van der Waals surface area contributed by atoms with Crippen LogP contribution in [-0.2, 0) is 6.54 Å². The molecule has 1 unspecified atom stereocenters. The minimum Gasteiger partial charge on any atom is -0.481 e. The molecule has 6 nitrogen and oxygen atoms in total. The van der Waals surface area contributed by atoms with E-state index in [-0.39, 0.29) is 0 Å². The van der Waals surface area contributed by atoms with Crippen LogP contribution in [0.1, 0.15) is 19.0 Å². The lowest BCUT2D eigenvalue weighted by atomic mass is 10.2. The summed E-state index contributed by atoms with van der Waals surface area (Å²) in [4.78, 5) is 11.5. The largest absolute Gasteiger partial charge is 0.481 e. The molecule has 1 atom stereocenters. The number of anilines is 1. The standard InChI is InChI=1S/C20H26BrN5O/c1-3-22-20(23-13-15-7-6-10-19(24-15)27-2)25-16-11-12-26(14-16)18-9-5-4-8-17(18)21/h4-10,16H,3,11-14H2,1-2H3,(H2,22,23,25). The van der Waals surface area contributed by atoms with Gasteiger partial charge in [-0.25, -0.2) is 9.98 Å². The maximum absolute atomic E-state index is 5.18. The first-order chi connectivity index (χ1) is 13.2. The Morgan fingerprint density at radius 3 is 2.93 bits per heavy atom. The average molecular weight is 432 g/mol. The lowest BCUT2D eigenvalue weighted by Gasteiger charge is -2.21. The van der Waals surface area contributed by atoms with Crippen LogP contribution < -0.4 is 20.3 Å². The highest BCUT2D eigenvalue weighted by Crippen LogP contribution is 2.28. The number of methoxy groups -OCH3 is 1. The van der Waals surface area contributed by atoms with E-state index in [9.17, 15) is 0 Å². The molecule has 3 rings (SSSR count). The second-order valence-electron chi connectivity index (χ2n) is 6.39. The Hall–Kier alpha value is -2.28. The van der Waals surface area contributed by atoms with Crippen molar-refractivity contribution in [3.05, 3.63) is 52.6 Å². The van der Waals surface area contributed by atoms with Gasteiger partial charge >= 0.3 is 0 Å². The molecule has 0 saturated carbocycles. The number of aromatic nitrogens is 1. The number of nitrogens with zero attached hydrogens (tertiary/aromatic N) is 3. The SMILES string of the molecule is CCNC(=NCc1cccc(OC)n1)NC1CCN(c2ccccc2Br)C1. The molecular weight excluding hydrogens is 406 g/mol. The van der Waals surface area contributed by atoms with Gasteiger partial charge in [0.05, 0.1) is 25.0 Å². The third-order valence-electron chi connectivity index (χ3n) is 4.46. The van der Waals surface area contributed by atoms with Gasteiger partial charge in [0, 0.05) is 36.2 Å². The van der Waals surface area contributed by atoms with Gasteiger partial charge in [-0.15, -0.1) is 0 Å². The van der Waals surface area contributed by atoms with Crippen molar-refractivity contribution in [2.45, 2.75) is 25.9 Å². The minimum atomic E-state index is 0.355. The number of guanidine groups is 1. The van der Waals surface area contributed by atoms with Crippen molar-refractivity contribution in [3.63, 3.8) is 0 Å². The molecule has 1 aromatic carbocycles. The van der Waals surface area contributed by atoms with Gasteiger partial charge < -0.3 is 20.3 Å². The Labute approximate surface area is 169 Å². The molecule has 0 radical (unpaired) electrons. The van der Waals surface area contributed by atoms with Crippen LogP contribution in [-0.4, -0.2) is 43.7 Å². The van der Waals surface area contributed by atoms with Crippen LogP contribution in [0.4, 0.5) is 5.69 Å². The van der Waals surface area contributed by atoms with Crippen molar-refractivity contribution >= 4 is 27.6 Å². The Bertz CT molecular complexity index is 782. The first-order valence-corrected chi connectivity index (χ1v) is 10.0. The van der Waals surface area contributed by atoms with Gasteiger partial charge in [0.2, 0.25) is 5.88 Å². The zero-order valence-corrected chi connectivity index (χ0v) is 17.4. The lowest BCUT2D eigenvalue weighted by molar-refractivity contribution is 0.396. The van der Waals surface area contributed by atoms with Crippen molar-refractivity contribution in [1.82, 2.24) is 15.6 Å².